The lowest BCUT2D eigenvalue weighted by Crippen LogP contribution is -2.08. The number of rotatable bonds is 5. The zero-order valence-corrected chi connectivity index (χ0v) is 13.0. The SMILES string of the molecule is O=C(/C=C/c1ccc(Br)o1)Nc1ccccc1SC(F)F. The summed E-state index contributed by atoms with van der Waals surface area (Å²) in [7, 11) is 0. The van der Waals surface area contributed by atoms with Gasteiger partial charge in [-0.25, -0.2) is 0 Å². The van der Waals surface area contributed by atoms with Gasteiger partial charge in [0.25, 0.3) is 5.76 Å². The van der Waals surface area contributed by atoms with Crippen LogP contribution < -0.4 is 5.32 Å². The summed E-state index contributed by atoms with van der Waals surface area (Å²) in [6.07, 6.45) is 2.76. The van der Waals surface area contributed by atoms with Crippen molar-refractivity contribution in [1.29, 1.82) is 0 Å². The number of benzene rings is 1. The summed E-state index contributed by atoms with van der Waals surface area (Å²) < 4.78 is 30.6. The number of nitrogens with one attached hydrogen (secondary N) is 1. The van der Waals surface area contributed by atoms with Gasteiger partial charge >= 0.3 is 0 Å². The Balaban J connectivity index is 2.04. The first kappa shape index (κ1) is 15.8. The number of thioether (sulfide) groups is 1. The number of alkyl halides is 2. The van der Waals surface area contributed by atoms with Gasteiger partial charge in [0.05, 0.1) is 5.69 Å². The first-order chi connectivity index (χ1) is 10.0. The van der Waals surface area contributed by atoms with Gasteiger partial charge < -0.3 is 9.73 Å². The van der Waals surface area contributed by atoms with E-state index in [2.05, 4.69) is 21.2 Å². The minimum Gasteiger partial charge on any atom is -0.450 e. The van der Waals surface area contributed by atoms with Gasteiger partial charge in [-0.3, -0.25) is 4.79 Å². The molecule has 1 N–H and O–H groups in total. The minimum absolute atomic E-state index is 0.315. The molecule has 0 bridgehead atoms. The van der Waals surface area contributed by atoms with Crippen LogP contribution in [0.25, 0.3) is 6.08 Å². The van der Waals surface area contributed by atoms with Crippen LogP contribution in [0, 0.1) is 0 Å². The first-order valence-corrected chi connectivity index (χ1v) is 7.50. The number of hydrogen-bond acceptors (Lipinski definition) is 3. The maximum atomic E-state index is 12.4. The Bertz CT molecular complexity index is 658. The van der Waals surface area contributed by atoms with Gasteiger partial charge in [-0.1, -0.05) is 23.9 Å². The number of hydrogen-bond donors (Lipinski definition) is 1. The minimum atomic E-state index is -2.54. The van der Waals surface area contributed by atoms with Crippen molar-refractivity contribution in [2.45, 2.75) is 10.7 Å². The number of furan rings is 1. The largest absolute Gasteiger partial charge is 0.450 e. The maximum absolute atomic E-state index is 12.4. The fourth-order valence-electron chi connectivity index (χ4n) is 1.52. The zero-order chi connectivity index (χ0) is 15.2. The quantitative estimate of drug-likeness (QED) is 0.591. The summed E-state index contributed by atoms with van der Waals surface area (Å²) in [4.78, 5) is 12.1. The van der Waals surface area contributed by atoms with Gasteiger partial charge in [0, 0.05) is 11.0 Å². The number of halogens is 3. The highest BCUT2D eigenvalue weighted by Crippen LogP contribution is 2.31. The Morgan fingerprint density at radius 2 is 2.05 bits per heavy atom. The molecule has 2 rings (SSSR count). The van der Waals surface area contributed by atoms with E-state index in [0.717, 1.165) is 0 Å². The van der Waals surface area contributed by atoms with Crippen LogP contribution in [0.2, 0.25) is 0 Å². The second kappa shape index (κ2) is 7.42. The van der Waals surface area contributed by atoms with E-state index >= 15 is 0 Å². The second-order valence-electron chi connectivity index (χ2n) is 3.84. The molecular formula is C14H10BrF2NO2S. The molecule has 1 aromatic carbocycles. The molecule has 2 aromatic rings. The van der Waals surface area contributed by atoms with Crippen molar-refractivity contribution < 1.29 is 18.0 Å². The molecule has 0 radical (unpaired) electrons. The average molecular weight is 374 g/mol. The molecule has 1 aromatic heterocycles. The van der Waals surface area contributed by atoms with Gasteiger partial charge in [-0.2, -0.15) is 8.78 Å². The van der Waals surface area contributed by atoms with Crippen LogP contribution in [-0.2, 0) is 4.79 Å². The fraction of sp³-hybridized carbons (Fsp3) is 0.0714. The van der Waals surface area contributed by atoms with E-state index in [1.165, 1.54) is 18.2 Å². The molecule has 1 amide bonds. The van der Waals surface area contributed by atoms with Crippen LogP contribution in [-0.4, -0.2) is 11.7 Å². The normalized spacial score (nSPS) is 11.2. The molecule has 110 valence electrons. The van der Waals surface area contributed by atoms with Crippen molar-refractivity contribution in [2.75, 3.05) is 5.32 Å². The molecule has 0 atom stereocenters. The number of carbonyl (C=O) groups is 1. The molecule has 0 aliphatic carbocycles. The van der Waals surface area contributed by atoms with E-state index in [4.69, 9.17) is 4.42 Å². The maximum Gasteiger partial charge on any atom is 0.288 e. The number of para-hydroxylation sites is 1. The summed E-state index contributed by atoms with van der Waals surface area (Å²) in [5.41, 5.74) is 0.345. The standard InChI is InChI=1S/C14H10BrF2NO2S/c15-12-7-5-9(20-12)6-8-13(19)18-10-3-1-2-4-11(10)21-14(16)17/h1-8,14H,(H,18,19)/b8-6+. The van der Waals surface area contributed by atoms with Crippen LogP contribution in [0.4, 0.5) is 14.5 Å². The molecule has 1 heterocycles. The van der Waals surface area contributed by atoms with E-state index in [-0.39, 0.29) is 0 Å². The Kier molecular flexibility index (Phi) is 5.58. The zero-order valence-electron chi connectivity index (χ0n) is 10.6. The summed E-state index contributed by atoms with van der Waals surface area (Å²) in [5.74, 6) is -2.46. The molecule has 0 aliphatic rings. The third kappa shape index (κ3) is 5.02. The average Bonchev–Trinajstić information content (AvgIpc) is 2.84. The van der Waals surface area contributed by atoms with Crippen LogP contribution in [0.3, 0.4) is 0 Å². The Morgan fingerprint density at radius 3 is 2.71 bits per heavy atom. The first-order valence-electron chi connectivity index (χ1n) is 5.83. The molecule has 21 heavy (non-hydrogen) atoms. The van der Waals surface area contributed by atoms with Gasteiger partial charge in [0.2, 0.25) is 5.91 Å². The molecule has 0 fully saturated rings. The Labute approximate surface area is 132 Å². The number of carbonyl (C=O) groups excluding carboxylic acids is 1. The topological polar surface area (TPSA) is 42.2 Å². The van der Waals surface area contributed by atoms with Crippen molar-refractivity contribution in [2.24, 2.45) is 0 Å². The van der Waals surface area contributed by atoms with Crippen molar-refractivity contribution >= 4 is 45.4 Å². The predicted octanol–water partition coefficient (Wildman–Crippen LogP) is 5.01. The second-order valence-corrected chi connectivity index (χ2v) is 5.65. The van der Waals surface area contributed by atoms with Crippen LogP contribution in [0.1, 0.15) is 5.76 Å². The lowest BCUT2D eigenvalue weighted by Gasteiger charge is -2.08. The molecular weight excluding hydrogens is 364 g/mol. The highest BCUT2D eigenvalue weighted by molar-refractivity contribution is 9.10. The summed E-state index contributed by atoms with van der Waals surface area (Å²) in [6.45, 7) is 0. The molecule has 0 spiro atoms. The Hall–Kier alpha value is -1.60. The van der Waals surface area contributed by atoms with Gasteiger partial charge in [-0.15, -0.1) is 0 Å². The van der Waals surface area contributed by atoms with Crippen molar-refractivity contribution in [3.63, 3.8) is 0 Å². The highest BCUT2D eigenvalue weighted by Gasteiger charge is 2.10. The van der Waals surface area contributed by atoms with E-state index in [1.807, 2.05) is 0 Å². The lowest BCUT2D eigenvalue weighted by atomic mass is 10.3. The van der Waals surface area contributed by atoms with Crippen LogP contribution >= 0.6 is 27.7 Å². The van der Waals surface area contributed by atoms with Crippen molar-refractivity contribution in [1.82, 2.24) is 0 Å². The Morgan fingerprint density at radius 1 is 1.29 bits per heavy atom. The van der Waals surface area contributed by atoms with Crippen molar-refractivity contribution in [3.8, 4) is 0 Å². The van der Waals surface area contributed by atoms with Crippen LogP contribution in [0.5, 0.6) is 0 Å². The summed E-state index contributed by atoms with van der Waals surface area (Å²) >= 11 is 3.54. The molecule has 0 unspecified atom stereocenters. The van der Waals surface area contributed by atoms with E-state index in [9.17, 15) is 13.6 Å². The van der Waals surface area contributed by atoms with E-state index in [1.54, 1.807) is 30.3 Å². The highest BCUT2D eigenvalue weighted by atomic mass is 79.9. The van der Waals surface area contributed by atoms with Gasteiger partial charge in [0.1, 0.15) is 5.76 Å². The molecule has 7 heteroatoms. The molecule has 0 saturated carbocycles. The van der Waals surface area contributed by atoms with Gasteiger partial charge in [-0.05, 0) is 46.3 Å². The molecule has 0 aliphatic heterocycles. The third-order valence-corrected chi connectivity index (χ3v) is 3.57. The molecule has 0 saturated heterocycles. The third-order valence-electron chi connectivity index (χ3n) is 2.35. The van der Waals surface area contributed by atoms with E-state index in [0.29, 0.717) is 32.8 Å². The van der Waals surface area contributed by atoms with E-state index < -0.39 is 11.7 Å². The smallest absolute Gasteiger partial charge is 0.288 e. The number of amides is 1. The van der Waals surface area contributed by atoms with Gasteiger partial charge in [0.15, 0.2) is 4.67 Å². The summed E-state index contributed by atoms with van der Waals surface area (Å²) in [5, 5.41) is 2.56. The summed E-state index contributed by atoms with van der Waals surface area (Å²) in [6, 6.07) is 9.79. The van der Waals surface area contributed by atoms with Crippen LogP contribution in [0.15, 0.2) is 56.5 Å². The van der Waals surface area contributed by atoms with Crippen molar-refractivity contribution in [3.05, 3.63) is 52.9 Å². The monoisotopic (exact) mass is 373 g/mol. The molecule has 3 nitrogen and oxygen atoms in total. The fourth-order valence-corrected chi connectivity index (χ4v) is 2.43. The lowest BCUT2D eigenvalue weighted by molar-refractivity contribution is -0.111. The predicted molar refractivity (Wildman–Crippen MR) is 82.4 cm³/mol. The number of anilines is 1.